The number of esters is 1. The van der Waals surface area contributed by atoms with E-state index < -0.39 is 5.97 Å². The van der Waals surface area contributed by atoms with Gasteiger partial charge in [0.15, 0.2) is 6.73 Å². The number of rotatable bonds is 5. The van der Waals surface area contributed by atoms with E-state index in [4.69, 9.17) is 0 Å². The molecule has 0 saturated heterocycles. The van der Waals surface area contributed by atoms with Crippen molar-refractivity contribution in [2.75, 3.05) is 6.73 Å². The zero-order valence-electron chi connectivity index (χ0n) is 13.7. The third-order valence-corrected chi connectivity index (χ3v) is 3.61. The first-order valence-corrected chi connectivity index (χ1v) is 7.76. The summed E-state index contributed by atoms with van der Waals surface area (Å²) in [7, 11) is 0. The summed E-state index contributed by atoms with van der Waals surface area (Å²) < 4.78 is 4.68. The Balaban J connectivity index is 1.66. The van der Waals surface area contributed by atoms with E-state index in [0.717, 1.165) is 22.2 Å². The zero-order chi connectivity index (χ0) is 17.6. The average Bonchev–Trinajstić information content (AvgIpc) is 3.03. The van der Waals surface area contributed by atoms with Crippen LogP contribution in [0.3, 0.4) is 0 Å². The molecule has 0 fully saturated rings. The molecule has 0 radical (unpaired) electrons. The SMILES string of the molecule is CC(=O)OCNC(=O)c1ccc(C=Cc2n[nH]c3ccccc23)cc1. The van der Waals surface area contributed by atoms with Crippen molar-refractivity contribution in [3.63, 3.8) is 0 Å². The van der Waals surface area contributed by atoms with Crippen molar-refractivity contribution in [2.24, 2.45) is 0 Å². The van der Waals surface area contributed by atoms with Crippen LogP contribution in [0.2, 0.25) is 0 Å². The summed E-state index contributed by atoms with van der Waals surface area (Å²) in [6.45, 7) is 1.15. The number of H-pyrrole nitrogens is 1. The lowest BCUT2D eigenvalue weighted by molar-refractivity contribution is -0.141. The van der Waals surface area contributed by atoms with Crippen molar-refractivity contribution in [1.29, 1.82) is 0 Å². The highest BCUT2D eigenvalue weighted by molar-refractivity contribution is 5.94. The molecule has 0 saturated carbocycles. The number of hydrogen-bond donors (Lipinski definition) is 2. The lowest BCUT2D eigenvalue weighted by Gasteiger charge is -2.05. The molecule has 25 heavy (non-hydrogen) atoms. The Morgan fingerprint density at radius 2 is 1.88 bits per heavy atom. The highest BCUT2D eigenvalue weighted by Gasteiger charge is 2.05. The Labute approximate surface area is 144 Å². The fourth-order valence-electron chi connectivity index (χ4n) is 2.34. The van der Waals surface area contributed by atoms with Gasteiger partial charge >= 0.3 is 5.97 Å². The van der Waals surface area contributed by atoms with Crippen LogP contribution in [0.15, 0.2) is 48.5 Å². The summed E-state index contributed by atoms with van der Waals surface area (Å²) in [6, 6.07) is 15.0. The molecule has 0 bridgehead atoms. The van der Waals surface area contributed by atoms with Crippen LogP contribution in [0.1, 0.15) is 28.5 Å². The summed E-state index contributed by atoms with van der Waals surface area (Å²) in [4.78, 5) is 22.6. The van der Waals surface area contributed by atoms with E-state index >= 15 is 0 Å². The van der Waals surface area contributed by atoms with Gasteiger partial charge in [0.05, 0.1) is 11.2 Å². The number of amides is 1. The molecule has 1 heterocycles. The second-order valence-electron chi connectivity index (χ2n) is 5.40. The highest BCUT2D eigenvalue weighted by Crippen LogP contribution is 2.17. The van der Waals surface area contributed by atoms with Crippen LogP contribution in [-0.4, -0.2) is 28.8 Å². The van der Waals surface area contributed by atoms with Gasteiger partial charge in [-0.25, -0.2) is 0 Å². The Hall–Kier alpha value is -3.41. The van der Waals surface area contributed by atoms with E-state index in [0.29, 0.717) is 5.56 Å². The minimum absolute atomic E-state index is 0.137. The molecule has 126 valence electrons. The predicted octanol–water partition coefficient (Wildman–Crippen LogP) is 2.98. The van der Waals surface area contributed by atoms with Crippen LogP contribution >= 0.6 is 0 Å². The minimum atomic E-state index is -0.438. The summed E-state index contributed by atoms with van der Waals surface area (Å²) in [5.41, 5.74) is 3.29. The maximum atomic E-state index is 11.9. The van der Waals surface area contributed by atoms with Gasteiger partial charge in [-0.2, -0.15) is 5.10 Å². The molecular weight excluding hydrogens is 318 g/mol. The number of hydrogen-bond acceptors (Lipinski definition) is 4. The zero-order valence-corrected chi connectivity index (χ0v) is 13.7. The molecule has 3 rings (SSSR count). The maximum Gasteiger partial charge on any atom is 0.304 e. The largest absolute Gasteiger partial charge is 0.445 e. The summed E-state index contributed by atoms with van der Waals surface area (Å²) in [5.74, 6) is -0.734. The molecule has 0 aliphatic rings. The number of ether oxygens (including phenoxy) is 1. The number of nitrogens with zero attached hydrogens (tertiary/aromatic N) is 1. The van der Waals surface area contributed by atoms with Gasteiger partial charge in [-0.05, 0) is 29.8 Å². The third kappa shape index (κ3) is 4.11. The molecule has 2 N–H and O–H groups in total. The van der Waals surface area contributed by atoms with E-state index in [9.17, 15) is 9.59 Å². The average molecular weight is 335 g/mol. The van der Waals surface area contributed by atoms with E-state index in [1.807, 2.05) is 48.6 Å². The number of aromatic nitrogens is 2. The minimum Gasteiger partial charge on any atom is -0.445 e. The lowest BCUT2D eigenvalue weighted by atomic mass is 10.1. The second kappa shape index (κ2) is 7.44. The molecule has 0 aliphatic heterocycles. The molecule has 0 atom stereocenters. The lowest BCUT2D eigenvalue weighted by Crippen LogP contribution is -2.27. The van der Waals surface area contributed by atoms with Gasteiger partial charge in [-0.1, -0.05) is 36.4 Å². The van der Waals surface area contributed by atoms with Crippen molar-refractivity contribution in [3.05, 3.63) is 65.4 Å². The van der Waals surface area contributed by atoms with Gasteiger partial charge in [-0.3, -0.25) is 14.7 Å². The van der Waals surface area contributed by atoms with Crippen molar-refractivity contribution in [3.8, 4) is 0 Å². The van der Waals surface area contributed by atoms with E-state index in [1.54, 1.807) is 12.1 Å². The fourth-order valence-corrected chi connectivity index (χ4v) is 2.34. The number of carbonyl (C=O) groups excluding carboxylic acids is 2. The number of para-hydroxylation sites is 1. The van der Waals surface area contributed by atoms with Crippen LogP contribution in [0, 0.1) is 0 Å². The van der Waals surface area contributed by atoms with Gasteiger partial charge in [0.2, 0.25) is 0 Å². The molecule has 0 aliphatic carbocycles. The quantitative estimate of drug-likeness (QED) is 0.554. The molecule has 1 aromatic heterocycles. The Morgan fingerprint density at radius 3 is 2.64 bits per heavy atom. The number of nitrogens with one attached hydrogen (secondary N) is 2. The molecule has 0 unspecified atom stereocenters. The number of aromatic amines is 1. The van der Waals surface area contributed by atoms with E-state index in [1.165, 1.54) is 6.92 Å². The van der Waals surface area contributed by atoms with E-state index in [-0.39, 0.29) is 12.6 Å². The first-order valence-electron chi connectivity index (χ1n) is 7.76. The second-order valence-corrected chi connectivity index (χ2v) is 5.40. The van der Waals surface area contributed by atoms with Crippen molar-refractivity contribution < 1.29 is 14.3 Å². The first kappa shape index (κ1) is 16.4. The standard InChI is InChI=1S/C19H17N3O3/c1-13(23)25-12-20-19(24)15-9-6-14(7-10-15)8-11-18-16-4-2-3-5-17(16)21-22-18/h2-11H,12H2,1H3,(H,20,24)(H,21,22). The van der Waals surface area contributed by atoms with Crippen molar-refractivity contribution in [1.82, 2.24) is 15.5 Å². The Morgan fingerprint density at radius 1 is 1.12 bits per heavy atom. The van der Waals surface area contributed by atoms with Crippen LogP contribution in [0.4, 0.5) is 0 Å². The first-order chi connectivity index (χ1) is 12.1. The fraction of sp³-hybridized carbons (Fsp3) is 0.105. The van der Waals surface area contributed by atoms with Crippen molar-refractivity contribution in [2.45, 2.75) is 6.92 Å². The van der Waals surface area contributed by atoms with Gasteiger partial charge in [0, 0.05) is 17.9 Å². The summed E-state index contributed by atoms with van der Waals surface area (Å²) in [5, 5.41) is 10.8. The molecule has 0 spiro atoms. The molecule has 6 heteroatoms. The van der Waals surface area contributed by atoms with Crippen molar-refractivity contribution >= 4 is 34.9 Å². The Kier molecular flexibility index (Phi) is 4.89. The molecule has 2 aromatic carbocycles. The summed E-state index contributed by atoms with van der Waals surface area (Å²) in [6.07, 6.45) is 3.86. The normalized spacial score (nSPS) is 10.9. The van der Waals surface area contributed by atoms with E-state index in [2.05, 4.69) is 20.3 Å². The van der Waals surface area contributed by atoms with Gasteiger partial charge in [0.25, 0.3) is 5.91 Å². The van der Waals surface area contributed by atoms with Gasteiger partial charge in [0.1, 0.15) is 0 Å². The number of benzene rings is 2. The summed E-state index contributed by atoms with van der Waals surface area (Å²) >= 11 is 0. The molecular formula is C19H17N3O3. The number of fused-ring (bicyclic) bond motifs is 1. The molecule has 1 amide bonds. The topological polar surface area (TPSA) is 84.1 Å². The number of carbonyl (C=O) groups is 2. The Bertz CT molecular complexity index is 926. The third-order valence-electron chi connectivity index (χ3n) is 3.61. The van der Waals surface area contributed by atoms with Crippen LogP contribution in [0.25, 0.3) is 23.1 Å². The van der Waals surface area contributed by atoms with Crippen LogP contribution in [0.5, 0.6) is 0 Å². The predicted molar refractivity (Wildman–Crippen MR) is 95.6 cm³/mol. The highest BCUT2D eigenvalue weighted by atomic mass is 16.5. The maximum absolute atomic E-state index is 11.9. The van der Waals surface area contributed by atoms with Crippen LogP contribution < -0.4 is 5.32 Å². The monoisotopic (exact) mass is 335 g/mol. The molecule has 3 aromatic rings. The van der Waals surface area contributed by atoms with Gasteiger partial charge in [-0.15, -0.1) is 0 Å². The van der Waals surface area contributed by atoms with Crippen LogP contribution in [-0.2, 0) is 9.53 Å². The van der Waals surface area contributed by atoms with Gasteiger partial charge < -0.3 is 10.1 Å². The molecule has 6 nitrogen and oxygen atoms in total. The smallest absolute Gasteiger partial charge is 0.304 e.